The molecule has 1 aliphatic rings. The van der Waals surface area contributed by atoms with Crippen LogP contribution in [0.1, 0.15) is 40.3 Å². The Balaban J connectivity index is 1.30. The fraction of sp³-hybridized carbons (Fsp3) is 0.524. The first kappa shape index (κ1) is 21.1. The average Bonchev–Trinajstić information content (AvgIpc) is 3.30. The Bertz CT molecular complexity index is 1110. The lowest BCUT2D eigenvalue weighted by molar-refractivity contribution is -0.133. The average molecular weight is 446 g/mol. The van der Waals surface area contributed by atoms with Gasteiger partial charge in [-0.3, -0.25) is 14.5 Å². The van der Waals surface area contributed by atoms with E-state index in [-0.39, 0.29) is 11.5 Å². The van der Waals surface area contributed by atoms with Crippen LogP contribution in [0, 0.1) is 13.8 Å². The smallest absolute Gasteiger partial charge is 0.259 e. The summed E-state index contributed by atoms with van der Waals surface area (Å²) in [7, 11) is 0. The number of nitrogens with zero attached hydrogens (tertiary/aromatic N) is 4. The molecule has 3 aromatic heterocycles. The number of aromatic amines is 1. The second-order valence-corrected chi connectivity index (χ2v) is 9.86. The fourth-order valence-electron chi connectivity index (χ4n) is 3.77. The molecule has 0 aliphatic carbocycles. The Kier molecular flexibility index (Phi) is 6.31. The lowest BCUT2D eigenvalue weighted by Crippen LogP contribution is -2.48. The van der Waals surface area contributed by atoms with Crippen LogP contribution in [-0.2, 0) is 24.2 Å². The van der Waals surface area contributed by atoms with Crippen LogP contribution in [0.25, 0.3) is 10.2 Å². The molecule has 1 saturated heterocycles. The molecular formula is C21H27N5O2S2. The normalized spacial score (nSPS) is 15.2. The highest BCUT2D eigenvalue weighted by molar-refractivity contribution is 7.18. The van der Waals surface area contributed by atoms with Gasteiger partial charge < -0.3 is 9.88 Å². The number of amides is 1. The van der Waals surface area contributed by atoms with E-state index in [1.54, 1.807) is 11.3 Å². The minimum absolute atomic E-state index is 0.105. The number of thiazole rings is 1. The maximum absolute atomic E-state index is 12.7. The predicted molar refractivity (Wildman–Crippen MR) is 121 cm³/mol. The van der Waals surface area contributed by atoms with Gasteiger partial charge in [0.2, 0.25) is 5.91 Å². The minimum Gasteiger partial charge on any atom is -0.340 e. The zero-order valence-corrected chi connectivity index (χ0v) is 19.3. The maximum atomic E-state index is 12.7. The van der Waals surface area contributed by atoms with Crippen LogP contribution in [0.4, 0.5) is 0 Å². The topological polar surface area (TPSA) is 82.2 Å². The van der Waals surface area contributed by atoms with Gasteiger partial charge in [-0.2, -0.15) is 0 Å². The van der Waals surface area contributed by atoms with Crippen molar-refractivity contribution in [3.8, 4) is 0 Å². The van der Waals surface area contributed by atoms with Crippen molar-refractivity contribution in [2.45, 2.75) is 46.6 Å². The molecule has 4 rings (SSSR count). The van der Waals surface area contributed by atoms with E-state index in [0.29, 0.717) is 24.1 Å². The lowest BCUT2D eigenvalue weighted by atomic mass is 10.2. The zero-order valence-electron chi connectivity index (χ0n) is 17.7. The van der Waals surface area contributed by atoms with Crippen molar-refractivity contribution in [3.63, 3.8) is 0 Å². The van der Waals surface area contributed by atoms with Gasteiger partial charge in [0, 0.05) is 55.8 Å². The van der Waals surface area contributed by atoms with Gasteiger partial charge >= 0.3 is 0 Å². The molecule has 0 unspecified atom stereocenters. The lowest BCUT2D eigenvalue weighted by Gasteiger charge is -2.34. The number of aromatic nitrogens is 3. The fourth-order valence-corrected chi connectivity index (χ4v) is 5.55. The molecule has 30 heavy (non-hydrogen) atoms. The van der Waals surface area contributed by atoms with Gasteiger partial charge in [-0.25, -0.2) is 9.97 Å². The standard InChI is InChI=1S/C21H27N5O2S2/c1-4-17-22-15(12-29-17)11-25-7-9-26(10-8-25)18(27)6-5-16-23-20(28)19-13(2)14(3)30-21(19)24-16/h12H,4-11H2,1-3H3,(H,23,24,28). The molecule has 0 saturated carbocycles. The highest BCUT2D eigenvalue weighted by atomic mass is 32.1. The third kappa shape index (κ3) is 4.48. The summed E-state index contributed by atoms with van der Waals surface area (Å²) in [5.41, 5.74) is 2.01. The van der Waals surface area contributed by atoms with Crippen molar-refractivity contribution in [1.82, 2.24) is 24.8 Å². The largest absolute Gasteiger partial charge is 0.340 e. The molecule has 3 aromatic rings. The second kappa shape index (κ2) is 8.95. The van der Waals surface area contributed by atoms with Crippen molar-refractivity contribution in [2.75, 3.05) is 26.2 Å². The quantitative estimate of drug-likeness (QED) is 0.631. The summed E-state index contributed by atoms with van der Waals surface area (Å²) in [6.45, 7) is 10.1. The van der Waals surface area contributed by atoms with E-state index in [4.69, 9.17) is 0 Å². The Morgan fingerprint density at radius 3 is 2.67 bits per heavy atom. The van der Waals surface area contributed by atoms with Gasteiger partial charge in [0.15, 0.2) is 0 Å². The van der Waals surface area contributed by atoms with E-state index in [0.717, 1.165) is 60.1 Å². The molecule has 0 radical (unpaired) electrons. The van der Waals surface area contributed by atoms with E-state index >= 15 is 0 Å². The number of hydrogen-bond donors (Lipinski definition) is 1. The summed E-state index contributed by atoms with van der Waals surface area (Å²) >= 11 is 3.26. The number of fused-ring (bicyclic) bond motifs is 1. The second-order valence-electron chi connectivity index (χ2n) is 7.72. The highest BCUT2D eigenvalue weighted by Gasteiger charge is 2.22. The van der Waals surface area contributed by atoms with Gasteiger partial charge in [-0.1, -0.05) is 6.92 Å². The first-order chi connectivity index (χ1) is 14.4. The SMILES string of the molecule is CCc1nc(CN2CCN(C(=O)CCc3nc4sc(C)c(C)c4c(=O)[nH]3)CC2)cs1. The first-order valence-electron chi connectivity index (χ1n) is 10.4. The van der Waals surface area contributed by atoms with Gasteiger partial charge in [-0.15, -0.1) is 22.7 Å². The number of piperazine rings is 1. The Labute approximate surface area is 183 Å². The number of rotatable bonds is 6. The summed E-state index contributed by atoms with van der Waals surface area (Å²) in [5, 5.41) is 3.99. The summed E-state index contributed by atoms with van der Waals surface area (Å²) < 4.78 is 0. The summed E-state index contributed by atoms with van der Waals surface area (Å²) in [5.74, 6) is 0.717. The van der Waals surface area contributed by atoms with Crippen LogP contribution in [0.2, 0.25) is 0 Å². The van der Waals surface area contributed by atoms with Crippen molar-refractivity contribution < 1.29 is 4.79 Å². The molecule has 0 spiro atoms. The Hall–Kier alpha value is -2.10. The van der Waals surface area contributed by atoms with Crippen LogP contribution in [0.15, 0.2) is 10.2 Å². The van der Waals surface area contributed by atoms with E-state index < -0.39 is 0 Å². The molecule has 0 bridgehead atoms. The Morgan fingerprint density at radius 1 is 1.20 bits per heavy atom. The van der Waals surface area contributed by atoms with Crippen LogP contribution >= 0.6 is 22.7 Å². The molecule has 1 aliphatic heterocycles. The van der Waals surface area contributed by atoms with Crippen molar-refractivity contribution >= 4 is 38.8 Å². The van der Waals surface area contributed by atoms with E-state index in [9.17, 15) is 9.59 Å². The van der Waals surface area contributed by atoms with Crippen LogP contribution in [-0.4, -0.2) is 56.8 Å². The summed E-state index contributed by atoms with van der Waals surface area (Å²) in [6, 6.07) is 0. The van der Waals surface area contributed by atoms with Crippen LogP contribution in [0.5, 0.6) is 0 Å². The van der Waals surface area contributed by atoms with Crippen LogP contribution < -0.4 is 5.56 Å². The minimum atomic E-state index is -0.105. The zero-order chi connectivity index (χ0) is 21.3. The molecule has 160 valence electrons. The molecule has 1 amide bonds. The van der Waals surface area contributed by atoms with E-state index in [1.165, 1.54) is 16.3 Å². The van der Waals surface area contributed by atoms with Gasteiger partial charge in [0.1, 0.15) is 10.7 Å². The maximum Gasteiger partial charge on any atom is 0.259 e. The predicted octanol–water partition coefficient (Wildman–Crippen LogP) is 2.90. The van der Waals surface area contributed by atoms with Gasteiger partial charge in [0.25, 0.3) is 5.56 Å². The number of aryl methyl sites for hydroxylation is 4. The van der Waals surface area contributed by atoms with E-state index in [1.807, 2.05) is 18.7 Å². The van der Waals surface area contributed by atoms with Gasteiger partial charge in [0.05, 0.1) is 16.1 Å². The highest BCUT2D eigenvalue weighted by Crippen LogP contribution is 2.25. The van der Waals surface area contributed by atoms with Crippen molar-refractivity contribution in [3.05, 3.63) is 42.7 Å². The van der Waals surface area contributed by atoms with Crippen molar-refractivity contribution in [2.24, 2.45) is 0 Å². The van der Waals surface area contributed by atoms with Crippen molar-refractivity contribution in [1.29, 1.82) is 0 Å². The monoisotopic (exact) mass is 445 g/mol. The molecule has 1 N–H and O–H groups in total. The number of carbonyl (C=O) groups is 1. The third-order valence-corrected chi connectivity index (χ3v) is 7.82. The molecule has 0 aromatic carbocycles. The molecule has 4 heterocycles. The third-order valence-electron chi connectivity index (χ3n) is 5.68. The van der Waals surface area contributed by atoms with E-state index in [2.05, 4.69) is 32.2 Å². The summed E-state index contributed by atoms with van der Waals surface area (Å²) in [4.78, 5) is 43.3. The number of hydrogen-bond acceptors (Lipinski definition) is 7. The molecule has 9 heteroatoms. The number of nitrogens with one attached hydrogen (secondary N) is 1. The molecule has 7 nitrogen and oxygen atoms in total. The Morgan fingerprint density at radius 2 is 1.97 bits per heavy atom. The molecule has 0 atom stereocenters. The van der Waals surface area contributed by atoms with Gasteiger partial charge in [-0.05, 0) is 25.8 Å². The first-order valence-corrected chi connectivity index (χ1v) is 12.1. The number of thiophene rings is 1. The number of H-pyrrole nitrogens is 1. The molecular weight excluding hydrogens is 418 g/mol. The molecule has 1 fully saturated rings. The number of carbonyl (C=O) groups excluding carboxylic acids is 1. The van der Waals surface area contributed by atoms with Crippen LogP contribution in [0.3, 0.4) is 0 Å². The summed E-state index contributed by atoms with van der Waals surface area (Å²) in [6.07, 6.45) is 1.80.